The summed E-state index contributed by atoms with van der Waals surface area (Å²) in [6.07, 6.45) is 39.8. The van der Waals surface area contributed by atoms with E-state index in [0.29, 0.717) is 19.3 Å². The first-order valence-corrected chi connectivity index (χ1v) is 19.0. The molecule has 0 saturated carbocycles. The SMILES string of the molecule is CCCCC/C=C\C/C=C\CCCCCCCCC(O)C(=O)NC(CO)C(O)C(O)CCC/C=C/CC/C=C/CCCCCCC. The van der Waals surface area contributed by atoms with Gasteiger partial charge in [-0.15, -0.1) is 0 Å². The van der Waals surface area contributed by atoms with Gasteiger partial charge < -0.3 is 25.7 Å². The van der Waals surface area contributed by atoms with Crippen molar-refractivity contribution in [3.8, 4) is 0 Å². The van der Waals surface area contributed by atoms with E-state index in [1.807, 2.05) is 0 Å². The Bertz CT molecular complexity index is 778. The van der Waals surface area contributed by atoms with Crippen LogP contribution in [0.1, 0.15) is 168 Å². The Labute approximate surface area is 283 Å². The number of rotatable bonds is 33. The highest BCUT2D eigenvalue weighted by atomic mass is 16.3. The van der Waals surface area contributed by atoms with Gasteiger partial charge in [-0.1, -0.05) is 133 Å². The van der Waals surface area contributed by atoms with Gasteiger partial charge in [-0.3, -0.25) is 4.79 Å². The van der Waals surface area contributed by atoms with Crippen molar-refractivity contribution < 1.29 is 25.2 Å². The van der Waals surface area contributed by atoms with Gasteiger partial charge in [0.15, 0.2) is 0 Å². The van der Waals surface area contributed by atoms with Crippen LogP contribution in [0.15, 0.2) is 48.6 Å². The van der Waals surface area contributed by atoms with Crippen LogP contribution in [0.25, 0.3) is 0 Å². The average molecular weight is 648 g/mol. The fourth-order valence-electron chi connectivity index (χ4n) is 5.39. The Morgan fingerprint density at radius 1 is 0.543 bits per heavy atom. The number of aliphatic hydroxyl groups excluding tert-OH is 4. The lowest BCUT2D eigenvalue weighted by atomic mass is 10.00. The Morgan fingerprint density at radius 2 is 0.978 bits per heavy atom. The van der Waals surface area contributed by atoms with Gasteiger partial charge >= 0.3 is 0 Å². The van der Waals surface area contributed by atoms with E-state index in [0.717, 1.165) is 57.8 Å². The standard InChI is InChI=1S/C40H73NO5/c1-3-5-7-9-11-13-15-17-19-20-22-24-26-28-30-32-34-38(44)40(46)41-36(35-42)39(45)37(43)33-31-29-27-25-23-21-18-16-14-12-10-8-6-4-2/h11,13,16-19,25,27,36-39,42-45H,3-10,12,14-15,20-24,26,28-35H2,1-2H3,(H,41,46)/b13-11-,18-16+,19-17-,27-25+. The third kappa shape index (κ3) is 28.5. The van der Waals surface area contributed by atoms with Crippen LogP contribution in [-0.2, 0) is 4.79 Å². The third-order valence-corrected chi connectivity index (χ3v) is 8.49. The number of aliphatic hydroxyl groups is 4. The molecule has 6 nitrogen and oxygen atoms in total. The van der Waals surface area contributed by atoms with E-state index in [1.54, 1.807) is 0 Å². The summed E-state index contributed by atoms with van der Waals surface area (Å²) in [4.78, 5) is 12.4. The normalized spacial score (nSPS) is 15.0. The summed E-state index contributed by atoms with van der Waals surface area (Å²) in [5.41, 5.74) is 0. The van der Waals surface area contributed by atoms with Crippen LogP contribution >= 0.6 is 0 Å². The minimum atomic E-state index is -1.29. The Balaban J connectivity index is 3.92. The maximum absolute atomic E-state index is 12.4. The topological polar surface area (TPSA) is 110 Å². The second-order valence-electron chi connectivity index (χ2n) is 12.9. The molecule has 1 amide bonds. The Kier molecular flexibility index (Phi) is 33.3. The van der Waals surface area contributed by atoms with E-state index >= 15 is 0 Å². The van der Waals surface area contributed by atoms with E-state index in [1.165, 1.54) is 77.0 Å². The van der Waals surface area contributed by atoms with Crippen molar-refractivity contribution in [2.24, 2.45) is 0 Å². The van der Waals surface area contributed by atoms with Crippen molar-refractivity contribution >= 4 is 5.91 Å². The molecule has 0 aliphatic heterocycles. The van der Waals surface area contributed by atoms with E-state index in [2.05, 4.69) is 67.8 Å². The van der Waals surface area contributed by atoms with Gasteiger partial charge in [-0.25, -0.2) is 0 Å². The monoisotopic (exact) mass is 648 g/mol. The number of hydrogen-bond acceptors (Lipinski definition) is 5. The maximum atomic E-state index is 12.4. The van der Waals surface area contributed by atoms with Crippen LogP contribution in [0.3, 0.4) is 0 Å². The molecule has 6 heteroatoms. The molecule has 0 aromatic rings. The summed E-state index contributed by atoms with van der Waals surface area (Å²) in [6, 6.07) is -1.01. The van der Waals surface area contributed by atoms with Crippen LogP contribution in [0.2, 0.25) is 0 Å². The van der Waals surface area contributed by atoms with Gasteiger partial charge in [-0.2, -0.15) is 0 Å². The molecule has 0 saturated heterocycles. The van der Waals surface area contributed by atoms with E-state index in [-0.39, 0.29) is 0 Å². The first-order chi connectivity index (χ1) is 22.5. The first-order valence-electron chi connectivity index (χ1n) is 19.0. The summed E-state index contributed by atoms with van der Waals surface area (Å²) in [5, 5.41) is 43.4. The fraction of sp³-hybridized carbons (Fsp3) is 0.775. The van der Waals surface area contributed by atoms with Crippen molar-refractivity contribution in [3.05, 3.63) is 48.6 Å². The molecule has 0 aliphatic rings. The third-order valence-electron chi connectivity index (χ3n) is 8.49. The zero-order chi connectivity index (χ0) is 33.9. The van der Waals surface area contributed by atoms with Gasteiger partial charge in [0.05, 0.1) is 18.8 Å². The number of amides is 1. The second kappa shape index (κ2) is 34.6. The lowest BCUT2D eigenvalue weighted by Crippen LogP contribution is -2.53. The van der Waals surface area contributed by atoms with Crippen LogP contribution in [0.4, 0.5) is 0 Å². The molecule has 5 N–H and O–H groups in total. The Hall–Kier alpha value is -1.73. The number of unbranched alkanes of at least 4 members (excludes halogenated alkanes) is 16. The summed E-state index contributed by atoms with van der Waals surface area (Å²) in [7, 11) is 0. The predicted molar refractivity (Wildman–Crippen MR) is 196 cm³/mol. The van der Waals surface area contributed by atoms with Crippen LogP contribution < -0.4 is 5.32 Å². The number of carbonyl (C=O) groups is 1. The second-order valence-corrected chi connectivity index (χ2v) is 12.9. The molecule has 46 heavy (non-hydrogen) atoms. The van der Waals surface area contributed by atoms with E-state index in [4.69, 9.17) is 0 Å². The Morgan fingerprint density at radius 3 is 1.54 bits per heavy atom. The highest BCUT2D eigenvalue weighted by Gasteiger charge is 2.28. The molecule has 0 aromatic carbocycles. The molecule has 268 valence electrons. The molecule has 0 rings (SSSR count). The number of allylic oxidation sites excluding steroid dienone is 8. The average Bonchev–Trinajstić information content (AvgIpc) is 3.06. The molecule has 0 aliphatic carbocycles. The molecular weight excluding hydrogens is 574 g/mol. The van der Waals surface area contributed by atoms with Gasteiger partial charge in [0, 0.05) is 0 Å². The minimum Gasteiger partial charge on any atom is -0.394 e. The number of carbonyl (C=O) groups excluding carboxylic acids is 1. The van der Waals surface area contributed by atoms with Crippen molar-refractivity contribution in [2.75, 3.05) is 6.61 Å². The molecule has 0 aromatic heterocycles. The van der Waals surface area contributed by atoms with Gasteiger partial charge in [0.1, 0.15) is 12.2 Å². The molecule has 4 atom stereocenters. The van der Waals surface area contributed by atoms with Crippen LogP contribution in [0, 0.1) is 0 Å². The molecule has 4 unspecified atom stereocenters. The van der Waals surface area contributed by atoms with Crippen molar-refractivity contribution in [2.45, 2.75) is 192 Å². The summed E-state index contributed by atoms with van der Waals surface area (Å²) in [6.45, 7) is 3.96. The molecule has 0 spiro atoms. The van der Waals surface area contributed by atoms with Gasteiger partial charge in [0.2, 0.25) is 5.91 Å². The minimum absolute atomic E-state index is 0.346. The van der Waals surface area contributed by atoms with Crippen LogP contribution in [-0.4, -0.2) is 57.3 Å². The van der Waals surface area contributed by atoms with E-state index in [9.17, 15) is 25.2 Å². The van der Waals surface area contributed by atoms with Gasteiger partial charge in [-0.05, 0) is 83.5 Å². The molecule has 0 fully saturated rings. The first kappa shape index (κ1) is 44.3. The lowest BCUT2D eigenvalue weighted by molar-refractivity contribution is -0.132. The van der Waals surface area contributed by atoms with Gasteiger partial charge in [0.25, 0.3) is 0 Å². The molecule has 0 radical (unpaired) electrons. The highest BCUT2D eigenvalue weighted by molar-refractivity contribution is 5.80. The van der Waals surface area contributed by atoms with E-state index < -0.39 is 36.9 Å². The lowest BCUT2D eigenvalue weighted by Gasteiger charge is -2.27. The van der Waals surface area contributed by atoms with Crippen molar-refractivity contribution in [3.63, 3.8) is 0 Å². The number of hydrogen-bond donors (Lipinski definition) is 5. The molecule has 0 bridgehead atoms. The highest BCUT2D eigenvalue weighted by Crippen LogP contribution is 2.13. The fourth-order valence-corrected chi connectivity index (χ4v) is 5.39. The zero-order valence-electron chi connectivity index (χ0n) is 29.8. The summed E-state index contributed by atoms with van der Waals surface area (Å²) >= 11 is 0. The number of nitrogens with one attached hydrogen (secondary N) is 1. The van der Waals surface area contributed by atoms with Crippen molar-refractivity contribution in [1.82, 2.24) is 5.32 Å². The molecule has 0 heterocycles. The zero-order valence-corrected chi connectivity index (χ0v) is 29.8. The largest absolute Gasteiger partial charge is 0.394 e. The summed E-state index contributed by atoms with van der Waals surface area (Å²) in [5.74, 6) is -0.610. The van der Waals surface area contributed by atoms with Crippen molar-refractivity contribution in [1.29, 1.82) is 0 Å². The van der Waals surface area contributed by atoms with Crippen LogP contribution in [0.5, 0.6) is 0 Å². The predicted octanol–water partition coefficient (Wildman–Crippen LogP) is 9.17. The smallest absolute Gasteiger partial charge is 0.249 e. The summed E-state index contributed by atoms with van der Waals surface area (Å²) < 4.78 is 0. The quantitative estimate of drug-likeness (QED) is 0.0360. The molecular formula is C40H73NO5. The maximum Gasteiger partial charge on any atom is 0.249 e.